The summed E-state index contributed by atoms with van der Waals surface area (Å²) in [6.45, 7) is 1.57. The van der Waals surface area contributed by atoms with E-state index in [2.05, 4.69) is 10.6 Å². The first-order chi connectivity index (χ1) is 11.6. The van der Waals surface area contributed by atoms with Gasteiger partial charge >= 0.3 is 0 Å². The van der Waals surface area contributed by atoms with Crippen molar-refractivity contribution in [1.29, 1.82) is 0 Å². The summed E-state index contributed by atoms with van der Waals surface area (Å²) in [6, 6.07) is 15.4. The van der Waals surface area contributed by atoms with E-state index >= 15 is 0 Å². The summed E-state index contributed by atoms with van der Waals surface area (Å²) in [5.74, 6) is -0.459. The Morgan fingerprint density at radius 1 is 1.08 bits per heavy atom. The lowest BCUT2D eigenvalue weighted by molar-refractivity contribution is 0.0936. The van der Waals surface area contributed by atoms with E-state index in [1.54, 1.807) is 42.5 Å². The molecule has 1 amide bonds. The first kappa shape index (κ1) is 16.7. The molecule has 24 heavy (non-hydrogen) atoms. The molecule has 126 valence electrons. The summed E-state index contributed by atoms with van der Waals surface area (Å²) < 4.78 is 25.5. The summed E-state index contributed by atoms with van der Waals surface area (Å²) in [5, 5.41) is 6.08. The molecule has 1 fully saturated rings. The SMILES string of the molecule is O=C(N[C@@H]1CCNC1)c1ccccc1S(=O)(=O)Cc1ccccc1. The summed E-state index contributed by atoms with van der Waals surface area (Å²) in [5.41, 5.74) is 0.910. The second kappa shape index (κ2) is 7.15. The minimum atomic E-state index is -3.60. The molecule has 5 nitrogen and oxygen atoms in total. The minimum Gasteiger partial charge on any atom is -0.348 e. The maximum absolute atomic E-state index is 12.8. The molecule has 1 atom stereocenters. The lowest BCUT2D eigenvalue weighted by atomic mass is 10.2. The Labute approximate surface area is 142 Å². The third-order valence-electron chi connectivity index (χ3n) is 4.06. The molecule has 0 radical (unpaired) electrons. The van der Waals surface area contributed by atoms with Crippen molar-refractivity contribution in [3.05, 3.63) is 65.7 Å². The molecule has 0 aliphatic carbocycles. The Bertz CT molecular complexity index is 813. The fourth-order valence-corrected chi connectivity index (χ4v) is 4.41. The summed E-state index contributed by atoms with van der Waals surface area (Å²) >= 11 is 0. The van der Waals surface area contributed by atoms with E-state index in [1.807, 2.05) is 6.07 Å². The molecule has 2 aromatic carbocycles. The molecule has 1 aliphatic rings. The fourth-order valence-electron chi connectivity index (χ4n) is 2.84. The van der Waals surface area contributed by atoms with Gasteiger partial charge in [-0.2, -0.15) is 0 Å². The zero-order valence-corrected chi connectivity index (χ0v) is 14.1. The predicted octanol–water partition coefficient (Wildman–Crippen LogP) is 1.75. The van der Waals surface area contributed by atoms with Crippen molar-refractivity contribution in [2.24, 2.45) is 0 Å². The Kier molecular flexibility index (Phi) is 4.97. The lowest BCUT2D eigenvalue weighted by Crippen LogP contribution is -2.36. The largest absolute Gasteiger partial charge is 0.348 e. The highest BCUT2D eigenvalue weighted by molar-refractivity contribution is 7.90. The summed E-state index contributed by atoms with van der Waals surface area (Å²) in [6.07, 6.45) is 0.852. The molecule has 0 spiro atoms. The molecule has 2 N–H and O–H groups in total. The van der Waals surface area contributed by atoms with Gasteiger partial charge in [0.05, 0.1) is 16.2 Å². The van der Waals surface area contributed by atoms with Crippen LogP contribution in [0.25, 0.3) is 0 Å². The van der Waals surface area contributed by atoms with E-state index in [1.165, 1.54) is 6.07 Å². The van der Waals surface area contributed by atoms with Gasteiger partial charge in [-0.05, 0) is 30.7 Å². The first-order valence-electron chi connectivity index (χ1n) is 7.93. The van der Waals surface area contributed by atoms with Gasteiger partial charge in [0, 0.05) is 12.6 Å². The normalized spacial score (nSPS) is 17.6. The van der Waals surface area contributed by atoms with Crippen molar-refractivity contribution < 1.29 is 13.2 Å². The molecule has 6 heteroatoms. The quantitative estimate of drug-likeness (QED) is 0.867. The molecule has 0 unspecified atom stereocenters. The van der Waals surface area contributed by atoms with Gasteiger partial charge in [-0.1, -0.05) is 42.5 Å². The Morgan fingerprint density at radius 3 is 2.50 bits per heavy atom. The van der Waals surface area contributed by atoms with Gasteiger partial charge in [0.2, 0.25) is 0 Å². The zero-order chi connectivity index (χ0) is 17.0. The Balaban J connectivity index is 1.86. The van der Waals surface area contributed by atoms with Crippen LogP contribution in [0.3, 0.4) is 0 Å². The number of carbonyl (C=O) groups excluding carboxylic acids is 1. The van der Waals surface area contributed by atoms with Crippen molar-refractivity contribution in [2.75, 3.05) is 13.1 Å². The summed E-state index contributed by atoms with van der Waals surface area (Å²) in [7, 11) is -3.60. The second-order valence-corrected chi connectivity index (χ2v) is 7.86. The molecule has 1 aliphatic heterocycles. The van der Waals surface area contributed by atoms with Crippen LogP contribution in [0.2, 0.25) is 0 Å². The number of sulfone groups is 1. The lowest BCUT2D eigenvalue weighted by Gasteiger charge is -2.14. The summed E-state index contributed by atoms with van der Waals surface area (Å²) in [4.78, 5) is 12.6. The van der Waals surface area contributed by atoms with Crippen molar-refractivity contribution in [3.8, 4) is 0 Å². The molecule has 1 heterocycles. The highest BCUT2D eigenvalue weighted by atomic mass is 32.2. The van der Waals surface area contributed by atoms with Gasteiger partial charge in [-0.3, -0.25) is 4.79 Å². The number of nitrogens with one attached hydrogen (secondary N) is 2. The van der Waals surface area contributed by atoms with Crippen molar-refractivity contribution >= 4 is 15.7 Å². The van der Waals surface area contributed by atoms with Crippen molar-refractivity contribution in [1.82, 2.24) is 10.6 Å². The first-order valence-corrected chi connectivity index (χ1v) is 9.59. The molecule has 1 saturated heterocycles. The van der Waals surface area contributed by atoms with E-state index in [-0.39, 0.29) is 28.2 Å². The van der Waals surface area contributed by atoms with E-state index in [0.717, 1.165) is 13.0 Å². The Hall–Kier alpha value is -2.18. The maximum atomic E-state index is 12.8. The van der Waals surface area contributed by atoms with Crippen LogP contribution in [0.5, 0.6) is 0 Å². The molecule has 0 saturated carbocycles. The molecular formula is C18H20N2O3S. The van der Waals surface area contributed by atoms with Crippen LogP contribution in [-0.4, -0.2) is 33.5 Å². The standard InChI is InChI=1S/C18H20N2O3S/c21-18(20-15-10-11-19-12-15)16-8-4-5-9-17(16)24(22,23)13-14-6-2-1-3-7-14/h1-9,15,19H,10-13H2,(H,20,21)/t15-/m1/s1. The van der Waals surface area contributed by atoms with Crippen molar-refractivity contribution in [3.63, 3.8) is 0 Å². The third kappa shape index (κ3) is 3.83. The van der Waals surface area contributed by atoms with E-state index in [4.69, 9.17) is 0 Å². The van der Waals surface area contributed by atoms with E-state index < -0.39 is 9.84 Å². The van der Waals surface area contributed by atoms with Gasteiger partial charge in [-0.25, -0.2) is 8.42 Å². The van der Waals surface area contributed by atoms with Crippen molar-refractivity contribution in [2.45, 2.75) is 23.1 Å². The average molecular weight is 344 g/mol. The third-order valence-corrected chi connectivity index (χ3v) is 5.80. The number of amides is 1. The molecular weight excluding hydrogens is 324 g/mol. The van der Waals surface area contributed by atoms with Crippen LogP contribution < -0.4 is 10.6 Å². The van der Waals surface area contributed by atoms with E-state index in [9.17, 15) is 13.2 Å². The van der Waals surface area contributed by atoms with Crippen LogP contribution in [0.4, 0.5) is 0 Å². The van der Waals surface area contributed by atoms with Gasteiger partial charge in [0.25, 0.3) is 5.91 Å². The van der Waals surface area contributed by atoms with Gasteiger partial charge < -0.3 is 10.6 Å². The topological polar surface area (TPSA) is 75.3 Å². The molecule has 0 bridgehead atoms. The maximum Gasteiger partial charge on any atom is 0.252 e. The number of hydrogen-bond acceptors (Lipinski definition) is 4. The number of carbonyl (C=O) groups is 1. The molecule has 0 aromatic heterocycles. The number of hydrogen-bond donors (Lipinski definition) is 2. The molecule has 2 aromatic rings. The number of rotatable bonds is 5. The van der Waals surface area contributed by atoms with Crippen LogP contribution in [-0.2, 0) is 15.6 Å². The van der Waals surface area contributed by atoms with Gasteiger partial charge in [0.15, 0.2) is 9.84 Å². The highest BCUT2D eigenvalue weighted by Crippen LogP contribution is 2.21. The smallest absolute Gasteiger partial charge is 0.252 e. The predicted molar refractivity (Wildman–Crippen MR) is 92.5 cm³/mol. The average Bonchev–Trinajstić information content (AvgIpc) is 3.08. The van der Waals surface area contributed by atoms with Crippen LogP contribution in [0.15, 0.2) is 59.5 Å². The highest BCUT2D eigenvalue weighted by Gasteiger charge is 2.24. The van der Waals surface area contributed by atoms with Gasteiger partial charge in [-0.15, -0.1) is 0 Å². The van der Waals surface area contributed by atoms with E-state index in [0.29, 0.717) is 12.1 Å². The minimum absolute atomic E-state index is 0.0439. The van der Waals surface area contributed by atoms with Crippen LogP contribution in [0, 0.1) is 0 Å². The van der Waals surface area contributed by atoms with Gasteiger partial charge in [0.1, 0.15) is 0 Å². The zero-order valence-electron chi connectivity index (χ0n) is 13.2. The fraction of sp³-hybridized carbons (Fsp3) is 0.278. The van der Waals surface area contributed by atoms with Crippen LogP contribution in [0.1, 0.15) is 22.3 Å². The molecule has 3 rings (SSSR count). The monoisotopic (exact) mass is 344 g/mol. The second-order valence-electron chi connectivity index (χ2n) is 5.90. The van der Waals surface area contributed by atoms with Crippen LogP contribution >= 0.6 is 0 Å². The number of benzene rings is 2. The Morgan fingerprint density at radius 2 is 1.79 bits per heavy atom.